The van der Waals surface area contributed by atoms with Gasteiger partial charge in [-0.25, -0.2) is 4.39 Å². The molecule has 112 valence electrons. The van der Waals surface area contributed by atoms with E-state index in [1.807, 2.05) is 0 Å². The summed E-state index contributed by atoms with van der Waals surface area (Å²) in [5.41, 5.74) is 0.231. The maximum atomic E-state index is 12.8. The van der Waals surface area contributed by atoms with Gasteiger partial charge in [-0.15, -0.1) is 0 Å². The van der Waals surface area contributed by atoms with Crippen molar-refractivity contribution in [3.05, 3.63) is 35.6 Å². The zero-order valence-electron chi connectivity index (χ0n) is 11.7. The number of hydrogen-bond acceptors (Lipinski definition) is 3. The van der Waals surface area contributed by atoms with Crippen molar-refractivity contribution < 1.29 is 18.8 Å². The molecule has 0 bridgehead atoms. The molecule has 1 aromatic carbocycles. The van der Waals surface area contributed by atoms with Crippen LogP contribution in [0.25, 0.3) is 0 Å². The minimum Gasteiger partial charge on any atom is -0.349 e. The molecular weight excluding hydrogens is 275 g/mol. The Kier molecular flexibility index (Phi) is 4.67. The van der Waals surface area contributed by atoms with Gasteiger partial charge < -0.3 is 10.6 Å². The number of amides is 2. The fourth-order valence-electron chi connectivity index (χ4n) is 1.79. The Balaban J connectivity index is 1.85. The summed E-state index contributed by atoms with van der Waals surface area (Å²) in [6.45, 7) is 1.95. The Bertz CT molecular complexity index is 553. The van der Waals surface area contributed by atoms with E-state index in [9.17, 15) is 18.8 Å². The van der Waals surface area contributed by atoms with Gasteiger partial charge in [0.05, 0.1) is 6.04 Å². The molecule has 5 nitrogen and oxygen atoms in total. The average molecular weight is 292 g/mol. The van der Waals surface area contributed by atoms with Gasteiger partial charge in [-0.2, -0.15) is 0 Å². The van der Waals surface area contributed by atoms with Gasteiger partial charge in [0.15, 0.2) is 0 Å². The average Bonchev–Trinajstić information content (AvgIpc) is 3.28. The first-order valence-corrected chi connectivity index (χ1v) is 6.86. The van der Waals surface area contributed by atoms with Crippen LogP contribution < -0.4 is 10.6 Å². The van der Waals surface area contributed by atoms with E-state index in [-0.39, 0.29) is 5.56 Å². The van der Waals surface area contributed by atoms with E-state index in [1.165, 1.54) is 19.1 Å². The first-order valence-electron chi connectivity index (χ1n) is 6.86. The highest BCUT2D eigenvalue weighted by Gasteiger charge is 2.26. The molecule has 0 spiro atoms. The highest BCUT2D eigenvalue weighted by molar-refractivity contribution is 6.38. The predicted octanol–water partition coefficient (Wildman–Crippen LogP) is 1.04. The van der Waals surface area contributed by atoms with Crippen molar-refractivity contribution in [2.75, 3.05) is 6.54 Å². The minimum absolute atomic E-state index is 0.231. The van der Waals surface area contributed by atoms with Crippen molar-refractivity contribution >= 4 is 17.6 Å². The number of benzene rings is 1. The van der Waals surface area contributed by atoms with Crippen LogP contribution in [0.5, 0.6) is 0 Å². The minimum atomic E-state index is -0.929. The summed E-state index contributed by atoms with van der Waals surface area (Å²) in [5, 5.41) is 4.98. The first-order chi connectivity index (χ1) is 9.97. The Hall–Kier alpha value is -2.24. The van der Waals surface area contributed by atoms with Crippen molar-refractivity contribution in [1.82, 2.24) is 10.6 Å². The van der Waals surface area contributed by atoms with Gasteiger partial charge in [0, 0.05) is 12.1 Å². The smallest absolute Gasteiger partial charge is 0.289 e. The number of nitrogens with one attached hydrogen (secondary N) is 2. The van der Waals surface area contributed by atoms with Crippen LogP contribution in [0.1, 0.15) is 30.1 Å². The molecule has 1 fully saturated rings. The molecule has 2 amide bonds. The summed E-state index contributed by atoms with van der Waals surface area (Å²) in [6.07, 6.45) is 2.15. The summed E-state index contributed by atoms with van der Waals surface area (Å²) in [4.78, 5) is 35.3. The Labute approximate surface area is 121 Å². The normalized spacial score (nSPS) is 15.1. The lowest BCUT2D eigenvalue weighted by Gasteiger charge is -2.12. The zero-order chi connectivity index (χ0) is 15.4. The second-order valence-electron chi connectivity index (χ2n) is 5.22. The number of hydrogen-bond donors (Lipinski definition) is 2. The summed E-state index contributed by atoms with van der Waals surface area (Å²) in [7, 11) is 0. The molecule has 0 aliphatic heterocycles. The van der Waals surface area contributed by atoms with Gasteiger partial charge in [0.1, 0.15) is 5.82 Å². The van der Waals surface area contributed by atoms with E-state index in [0.717, 1.165) is 25.0 Å². The van der Waals surface area contributed by atoms with Crippen molar-refractivity contribution in [3.63, 3.8) is 0 Å². The number of carbonyl (C=O) groups is 3. The number of halogens is 1. The van der Waals surface area contributed by atoms with E-state index < -0.39 is 29.5 Å². The molecule has 0 aromatic heterocycles. The summed E-state index contributed by atoms with van der Waals surface area (Å²) < 4.78 is 12.8. The maximum absolute atomic E-state index is 12.8. The molecule has 1 aromatic rings. The molecule has 1 saturated carbocycles. The predicted molar refractivity (Wildman–Crippen MR) is 74.1 cm³/mol. The number of rotatable bonds is 6. The Morgan fingerprint density at radius 1 is 1.24 bits per heavy atom. The van der Waals surface area contributed by atoms with Gasteiger partial charge in [-0.05, 0) is 49.9 Å². The largest absolute Gasteiger partial charge is 0.349 e. The third kappa shape index (κ3) is 4.37. The van der Waals surface area contributed by atoms with E-state index in [4.69, 9.17) is 0 Å². The SMILES string of the molecule is CC(NC(=O)c1ccc(F)cc1)C(=O)C(=O)NCC1CC1. The highest BCUT2D eigenvalue weighted by atomic mass is 19.1. The topological polar surface area (TPSA) is 75.3 Å². The van der Waals surface area contributed by atoms with Gasteiger partial charge in [-0.1, -0.05) is 0 Å². The van der Waals surface area contributed by atoms with Crippen LogP contribution in [0.3, 0.4) is 0 Å². The molecule has 2 N–H and O–H groups in total. The van der Waals surface area contributed by atoms with Crippen molar-refractivity contribution in [2.45, 2.75) is 25.8 Å². The van der Waals surface area contributed by atoms with Gasteiger partial charge in [0.2, 0.25) is 5.78 Å². The van der Waals surface area contributed by atoms with Crippen LogP contribution in [0.15, 0.2) is 24.3 Å². The lowest BCUT2D eigenvalue weighted by atomic mass is 10.1. The van der Waals surface area contributed by atoms with Crippen molar-refractivity contribution in [2.24, 2.45) is 5.92 Å². The lowest BCUT2D eigenvalue weighted by Crippen LogP contribution is -2.46. The van der Waals surface area contributed by atoms with E-state index in [2.05, 4.69) is 10.6 Å². The molecule has 21 heavy (non-hydrogen) atoms. The second kappa shape index (κ2) is 6.47. The molecule has 0 radical (unpaired) electrons. The molecular formula is C15H17FN2O3. The quantitative estimate of drug-likeness (QED) is 0.769. The molecule has 0 heterocycles. The van der Waals surface area contributed by atoms with Crippen LogP contribution in [-0.4, -0.2) is 30.2 Å². The molecule has 2 rings (SSSR count). The fraction of sp³-hybridized carbons (Fsp3) is 0.400. The molecule has 1 unspecified atom stereocenters. The van der Waals surface area contributed by atoms with Crippen LogP contribution in [0.2, 0.25) is 0 Å². The number of Topliss-reactive ketones (excluding diaryl/α,β-unsaturated/α-hetero) is 1. The molecule has 1 aliphatic carbocycles. The van der Waals surface area contributed by atoms with Gasteiger partial charge in [0.25, 0.3) is 11.8 Å². The van der Waals surface area contributed by atoms with Crippen LogP contribution in [-0.2, 0) is 9.59 Å². The third-order valence-electron chi connectivity index (χ3n) is 3.32. The standard InChI is InChI=1S/C15H17FN2O3/c1-9(13(19)15(21)17-8-10-2-3-10)18-14(20)11-4-6-12(16)7-5-11/h4-7,9-10H,2-3,8H2,1H3,(H,17,21)(H,18,20). The fourth-order valence-corrected chi connectivity index (χ4v) is 1.79. The maximum Gasteiger partial charge on any atom is 0.289 e. The van der Waals surface area contributed by atoms with Crippen LogP contribution in [0, 0.1) is 11.7 Å². The van der Waals surface area contributed by atoms with Gasteiger partial charge in [-0.3, -0.25) is 14.4 Å². The monoisotopic (exact) mass is 292 g/mol. The van der Waals surface area contributed by atoms with E-state index in [0.29, 0.717) is 12.5 Å². The Morgan fingerprint density at radius 3 is 2.43 bits per heavy atom. The molecule has 1 atom stereocenters. The molecule has 6 heteroatoms. The second-order valence-corrected chi connectivity index (χ2v) is 5.22. The molecule has 1 aliphatic rings. The summed E-state index contributed by atoms with van der Waals surface area (Å²) >= 11 is 0. The summed E-state index contributed by atoms with van der Waals surface area (Å²) in [5.74, 6) is -1.87. The Morgan fingerprint density at radius 2 is 1.86 bits per heavy atom. The highest BCUT2D eigenvalue weighted by Crippen LogP contribution is 2.27. The number of ketones is 1. The summed E-state index contributed by atoms with van der Waals surface area (Å²) in [6, 6.07) is 4.01. The first kappa shape index (κ1) is 15.2. The van der Waals surface area contributed by atoms with Crippen molar-refractivity contribution in [3.8, 4) is 0 Å². The molecule has 0 saturated heterocycles. The zero-order valence-corrected chi connectivity index (χ0v) is 11.7. The van der Waals surface area contributed by atoms with Gasteiger partial charge >= 0.3 is 0 Å². The van der Waals surface area contributed by atoms with E-state index >= 15 is 0 Å². The van der Waals surface area contributed by atoms with Crippen LogP contribution in [0.4, 0.5) is 4.39 Å². The van der Waals surface area contributed by atoms with Crippen molar-refractivity contribution in [1.29, 1.82) is 0 Å². The lowest BCUT2D eigenvalue weighted by molar-refractivity contribution is -0.138. The van der Waals surface area contributed by atoms with E-state index in [1.54, 1.807) is 0 Å². The number of carbonyl (C=O) groups excluding carboxylic acids is 3. The van der Waals surface area contributed by atoms with Crippen LogP contribution >= 0.6 is 0 Å². The third-order valence-corrected chi connectivity index (χ3v) is 3.32.